The van der Waals surface area contributed by atoms with E-state index in [9.17, 15) is 15.0 Å². The number of carbonyl (C=O) groups is 1. The van der Waals surface area contributed by atoms with Crippen molar-refractivity contribution in [2.75, 3.05) is 40.3 Å². The number of nitrogens with one attached hydrogen (secondary N) is 1. The summed E-state index contributed by atoms with van der Waals surface area (Å²) in [4.78, 5) is 12.5. The number of phenols is 2. The van der Waals surface area contributed by atoms with E-state index in [-0.39, 0.29) is 23.7 Å². The molecule has 0 aliphatic rings. The zero-order valence-corrected chi connectivity index (χ0v) is 20.1. The molecule has 0 radical (unpaired) electrons. The number of benzene rings is 3. The number of hydrogen-bond acceptors (Lipinski definition) is 8. The third-order valence-electron chi connectivity index (χ3n) is 5.35. The van der Waals surface area contributed by atoms with Crippen LogP contribution in [0.3, 0.4) is 0 Å². The highest BCUT2D eigenvalue weighted by molar-refractivity contribution is 5.96. The summed E-state index contributed by atoms with van der Waals surface area (Å²) in [6, 6.07) is 13.0. The average molecular weight is 480 g/mol. The van der Waals surface area contributed by atoms with E-state index < -0.39 is 0 Å². The fourth-order valence-corrected chi connectivity index (χ4v) is 3.52. The van der Waals surface area contributed by atoms with Gasteiger partial charge in [0, 0.05) is 35.8 Å². The molecule has 0 heterocycles. The van der Waals surface area contributed by atoms with Crippen LogP contribution in [-0.4, -0.2) is 51.0 Å². The van der Waals surface area contributed by atoms with E-state index in [0.717, 1.165) is 5.56 Å². The van der Waals surface area contributed by atoms with Crippen molar-refractivity contribution in [1.82, 2.24) is 0 Å². The molecule has 0 aliphatic carbocycles. The fraction of sp³-hybridized carbons (Fsp3) is 0.222. The Balaban J connectivity index is 1.83. The first-order valence-electron chi connectivity index (χ1n) is 10.8. The minimum atomic E-state index is -0.0576. The van der Waals surface area contributed by atoms with Gasteiger partial charge in [0.15, 0.2) is 28.8 Å². The predicted octanol–water partition coefficient (Wildman–Crippen LogP) is 4.99. The lowest BCUT2D eigenvalue weighted by atomic mass is 10.1. The molecule has 8 heteroatoms. The van der Waals surface area contributed by atoms with Gasteiger partial charge in [-0.05, 0) is 48.0 Å². The van der Waals surface area contributed by atoms with Gasteiger partial charge in [-0.2, -0.15) is 0 Å². The summed E-state index contributed by atoms with van der Waals surface area (Å²) in [5.74, 6) is 1.89. The lowest BCUT2D eigenvalue weighted by molar-refractivity contribution is 0.0986. The predicted molar refractivity (Wildman–Crippen MR) is 135 cm³/mol. The van der Waals surface area contributed by atoms with E-state index in [2.05, 4.69) is 5.32 Å². The number of hydrogen-bond donors (Lipinski definition) is 3. The number of phenolic OH excluding ortho intramolecular Hbond substituents is 2. The standard InChI is InChI=1S/C27H29NO7/c1-32-24-16-21(28-12-11-22(30)18-7-9-20(29)10-8-18)19(15-23(24)31)6-5-17-13-25(33-2)27(35-4)26(14-17)34-3/h5-10,13-16,28-29,31H,11-12H2,1-4H3/b6-5-. The maximum absolute atomic E-state index is 12.5. The van der Waals surface area contributed by atoms with Gasteiger partial charge in [0.1, 0.15) is 5.75 Å². The molecular weight excluding hydrogens is 450 g/mol. The largest absolute Gasteiger partial charge is 0.508 e. The van der Waals surface area contributed by atoms with E-state index in [1.54, 1.807) is 45.6 Å². The molecule has 0 spiro atoms. The van der Waals surface area contributed by atoms with Crippen molar-refractivity contribution < 1.29 is 34.0 Å². The summed E-state index contributed by atoms with van der Waals surface area (Å²) in [5, 5.41) is 23.0. The van der Waals surface area contributed by atoms with Crippen molar-refractivity contribution >= 4 is 23.6 Å². The van der Waals surface area contributed by atoms with E-state index in [1.165, 1.54) is 19.2 Å². The SMILES string of the molecule is COc1cc(NCCC(=O)c2ccc(O)cc2)c(/C=C\c2cc(OC)c(OC)c(OC)c2)cc1O. The van der Waals surface area contributed by atoms with Crippen LogP contribution < -0.4 is 24.3 Å². The third-order valence-corrected chi connectivity index (χ3v) is 5.35. The van der Waals surface area contributed by atoms with Crippen LogP contribution in [0.25, 0.3) is 12.2 Å². The Morgan fingerprint density at radius 3 is 2.03 bits per heavy atom. The molecule has 0 unspecified atom stereocenters. The molecule has 3 N–H and O–H groups in total. The van der Waals surface area contributed by atoms with Crippen LogP contribution >= 0.6 is 0 Å². The highest BCUT2D eigenvalue weighted by atomic mass is 16.5. The van der Waals surface area contributed by atoms with E-state index >= 15 is 0 Å². The molecule has 0 saturated carbocycles. The van der Waals surface area contributed by atoms with Gasteiger partial charge in [0.2, 0.25) is 5.75 Å². The van der Waals surface area contributed by atoms with Crippen LogP contribution in [0.5, 0.6) is 34.5 Å². The molecule has 0 bridgehead atoms. The van der Waals surface area contributed by atoms with Crippen LogP contribution in [0.1, 0.15) is 27.9 Å². The molecule has 3 aromatic carbocycles. The first kappa shape index (κ1) is 25.3. The normalized spacial score (nSPS) is 10.7. The maximum atomic E-state index is 12.5. The molecule has 3 rings (SSSR count). The van der Waals surface area contributed by atoms with E-state index in [1.807, 2.05) is 24.3 Å². The van der Waals surface area contributed by atoms with Crippen LogP contribution in [0.15, 0.2) is 48.5 Å². The summed E-state index contributed by atoms with van der Waals surface area (Å²) in [6.07, 6.45) is 3.91. The molecule has 184 valence electrons. The number of ether oxygens (including phenoxy) is 4. The summed E-state index contributed by atoms with van der Waals surface area (Å²) in [5.41, 5.74) is 2.69. The quantitative estimate of drug-likeness (QED) is 0.201. The second kappa shape index (κ2) is 11.7. The molecule has 0 atom stereocenters. The zero-order valence-electron chi connectivity index (χ0n) is 20.1. The average Bonchev–Trinajstić information content (AvgIpc) is 2.87. The summed E-state index contributed by atoms with van der Waals surface area (Å²) >= 11 is 0. The summed E-state index contributed by atoms with van der Waals surface area (Å²) in [6.45, 7) is 0.360. The fourth-order valence-electron chi connectivity index (χ4n) is 3.52. The van der Waals surface area contributed by atoms with E-state index in [4.69, 9.17) is 18.9 Å². The molecule has 0 fully saturated rings. The van der Waals surface area contributed by atoms with Crippen molar-refractivity contribution in [2.24, 2.45) is 0 Å². The second-order valence-corrected chi connectivity index (χ2v) is 7.55. The number of rotatable bonds is 11. The van der Waals surface area contributed by atoms with Crippen molar-refractivity contribution in [3.63, 3.8) is 0 Å². The highest BCUT2D eigenvalue weighted by Crippen LogP contribution is 2.39. The Morgan fingerprint density at radius 1 is 0.829 bits per heavy atom. The second-order valence-electron chi connectivity index (χ2n) is 7.55. The molecule has 0 aromatic heterocycles. The van der Waals surface area contributed by atoms with Crippen molar-refractivity contribution in [2.45, 2.75) is 6.42 Å². The molecular formula is C27H29NO7. The van der Waals surface area contributed by atoms with Gasteiger partial charge < -0.3 is 34.5 Å². The number of methoxy groups -OCH3 is 4. The molecule has 0 amide bonds. The van der Waals surface area contributed by atoms with Gasteiger partial charge in [0.25, 0.3) is 0 Å². The van der Waals surface area contributed by atoms with Crippen molar-refractivity contribution in [3.8, 4) is 34.5 Å². The Morgan fingerprint density at radius 2 is 1.46 bits per heavy atom. The highest BCUT2D eigenvalue weighted by Gasteiger charge is 2.13. The topological polar surface area (TPSA) is 106 Å². The number of carbonyl (C=O) groups excluding carboxylic acids is 1. The Kier molecular flexibility index (Phi) is 8.45. The minimum Gasteiger partial charge on any atom is -0.508 e. The smallest absolute Gasteiger partial charge is 0.203 e. The van der Waals surface area contributed by atoms with Crippen molar-refractivity contribution in [3.05, 3.63) is 65.2 Å². The molecule has 0 saturated heterocycles. The lowest BCUT2D eigenvalue weighted by Crippen LogP contribution is -2.09. The molecule has 3 aromatic rings. The zero-order chi connectivity index (χ0) is 25.4. The minimum absolute atomic E-state index is 0.0113. The van der Waals surface area contributed by atoms with Gasteiger partial charge in [-0.3, -0.25) is 4.79 Å². The summed E-state index contributed by atoms with van der Waals surface area (Å²) in [7, 11) is 6.11. The van der Waals surface area contributed by atoms with Crippen molar-refractivity contribution in [1.29, 1.82) is 0 Å². The van der Waals surface area contributed by atoms with E-state index in [0.29, 0.717) is 46.4 Å². The molecule has 8 nitrogen and oxygen atoms in total. The first-order chi connectivity index (χ1) is 16.9. The monoisotopic (exact) mass is 479 g/mol. The van der Waals surface area contributed by atoms with Gasteiger partial charge >= 0.3 is 0 Å². The van der Waals surface area contributed by atoms with Crippen LogP contribution in [-0.2, 0) is 0 Å². The maximum Gasteiger partial charge on any atom is 0.203 e. The Bertz CT molecular complexity index is 1180. The van der Waals surface area contributed by atoms with Gasteiger partial charge in [0.05, 0.1) is 28.4 Å². The third kappa shape index (κ3) is 6.17. The summed E-state index contributed by atoms with van der Waals surface area (Å²) < 4.78 is 21.4. The first-order valence-corrected chi connectivity index (χ1v) is 10.8. The van der Waals surface area contributed by atoms with Gasteiger partial charge in [-0.15, -0.1) is 0 Å². The van der Waals surface area contributed by atoms with Crippen LogP contribution in [0, 0.1) is 0 Å². The number of ketones is 1. The van der Waals surface area contributed by atoms with Gasteiger partial charge in [-0.25, -0.2) is 0 Å². The van der Waals surface area contributed by atoms with Gasteiger partial charge in [-0.1, -0.05) is 12.2 Å². The molecule has 0 aliphatic heterocycles. The number of aromatic hydroxyl groups is 2. The number of Topliss-reactive ketones (excluding diaryl/α,β-unsaturated/α-hetero) is 1. The van der Waals surface area contributed by atoms with Crippen LogP contribution in [0.2, 0.25) is 0 Å². The Hall–Kier alpha value is -4.33. The number of anilines is 1. The Labute approximate surface area is 204 Å². The van der Waals surface area contributed by atoms with Crippen LogP contribution in [0.4, 0.5) is 5.69 Å². The lowest BCUT2D eigenvalue weighted by Gasteiger charge is -2.14. The molecule has 35 heavy (non-hydrogen) atoms.